The maximum Gasteiger partial charge on any atom is 0.235 e. The number of hydrogen-bond acceptors (Lipinski definition) is 6. The minimum atomic E-state index is -0.217. The van der Waals surface area contributed by atoms with Crippen molar-refractivity contribution in [3.8, 4) is 0 Å². The molecule has 0 aliphatic heterocycles. The minimum absolute atomic E-state index is 0.105. The van der Waals surface area contributed by atoms with E-state index in [1.165, 1.54) is 11.8 Å². The molecule has 0 bridgehead atoms. The minimum Gasteiger partial charge on any atom is -0.378 e. The van der Waals surface area contributed by atoms with E-state index in [1.807, 2.05) is 43.3 Å². The largest absolute Gasteiger partial charge is 0.378 e. The summed E-state index contributed by atoms with van der Waals surface area (Å²) < 4.78 is 4.86. The third kappa shape index (κ3) is 6.50. The van der Waals surface area contributed by atoms with E-state index in [4.69, 9.17) is 4.52 Å². The van der Waals surface area contributed by atoms with Crippen molar-refractivity contribution in [2.75, 3.05) is 35.8 Å². The van der Waals surface area contributed by atoms with Crippen LogP contribution in [0.2, 0.25) is 0 Å². The summed E-state index contributed by atoms with van der Waals surface area (Å²) >= 11 is 1.25. The number of aromatic nitrogens is 1. The predicted molar refractivity (Wildman–Crippen MR) is 99.8 cm³/mol. The van der Waals surface area contributed by atoms with Gasteiger partial charge in [-0.05, 0) is 24.6 Å². The van der Waals surface area contributed by atoms with Gasteiger partial charge in [0, 0.05) is 32.4 Å². The summed E-state index contributed by atoms with van der Waals surface area (Å²) in [6.45, 7) is 2.22. The highest BCUT2D eigenvalue weighted by molar-refractivity contribution is 8.00. The van der Waals surface area contributed by atoms with Gasteiger partial charge in [-0.3, -0.25) is 9.59 Å². The van der Waals surface area contributed by atoms with Crippen LogP contribution >= 0.6 is 11.8 Å². The molecule has 0 aliphatic rings. The molecule has 0 atom stereocenters. The molecular weight excluding hydrogens is 340 g/mol. The highest BCUT2D eigenvalue weighted by Gasteiger charge is 2.08. The lowest BCUT2D eigenvalue weighted by atomic mass is 10.2. The fourth-order valence-corrected chi connectivity index (χ4v) is 2.65. The first kappa shape index (κ1) is 18.9. The first-order valence-corrected chi connectivity index (χ1v) is 8.93. The standard InChI is InChI=1S/C17H22N4O3S/c1-12-8-15(20-24-12)19-17(23)11-25-10-16(22)18-9-13-4-6-14(7-5-13)21(2)3/h4-8H,9-11H2,1-3H3,(H,18,22)(H,19,20,23). The molecule has 134 valence electrons. The summed E-state index contributed by atoms with van der Waals surface area (Å²) in [4.78, 5) is 25.6. The number of carbonyl (C=O) groups excluding carboxylic acids is 2. The van der Waals surface area contributed by atoms with E-state index < -0.39 is 0 Å². The number of thioether (sulfide) groups is 1. The average Bonchev–Trinajstić information content (AvgIpc) is 2.98. The highest BCUT2D eigenvalue weighted by atomic mass is 32.2. The van der Waals surface area contributed by atoms with Gasteiger partial charge < -0.3 is 20.1 Å². The van der Waals surface area contributed by atoms with Crippen LogP contribution in [-0.2, 0) is 16.1 Å². The molecule has 25 heavy (non-hydrogen) atoms. The van der Waals surface area contributed by atoms with Gasteiger partial charge in [0.15, 0.2) is 5.82 Å². The summed E-state index contributed by atoms with van der Waals surface area (Å²) in [7, 11) is 3.96. The van der Waals surface area contributed by atoms with E-state index in [1.54, 1.807) is 13.0 Å². The van der Waals surface area contributed by atoms with Crippen LogP contribution in [-0.4, -0.2) is 42.6 Å². The topological polar surface area (TPSA) is 87.5 Å². The van der Waals surface area contributed by atoms with Crippen LogP contribution in [0.15, 0.2) is 34.9 Å². The molecule has 1 heterocycles. The maximum absolute atomic E-state index is 11.8. The number of nitrogens with zero attached hydrogens (tertiary/aromatic N) is 2. The molecule has 0 saturated carbocycles. The third-order valence-corrected chi connectivity index (χ3v) is 4.24. The van der Waals surface area contributed by atoms with Gasteiger partial charge in [-0.25, -0.2) is 0 Å². The van der Waals surface area contributed by atoms with E-state index >= 15 is 0 Å². The number of carbonyl (C=O) groups is 2. The molecule has 2 N–H and O–H groups in total. The van der Waals surface area contributed by atoms with Crippen molar-refractivity contribution < 1.29 is 14.1 Å². The van der Waals surface area contributed by atoms with E-state index in [0.717, 1.165) is 11.3 Å². The summed E-state index contributed by atoms with van der Waals surface area (Å²) in [6, 6.07) is 9.61. The van der Waals surface area contributed by atoms with E-state index in [2.05, 4.69) is 15.8 Å². The van der Waals surface area contributed by atoms with Gasteiger partial charge in [0.2, 0.25) is 11.8 Å². The lowest BCUT2D eigenvalue weighted by Gasteiger charge is -2.12. The third-order valence-electron chi connectivity index (χ3n) is 3.30. The van der Waals surface area contributed by atoms with E-state index in [0.29, 0.717) is 18.1 Å². The second kappa shape index (κ2) is 9.12. The number of nitrogens with one attached hydrogen (secondary N) is 2. The van der Waals surface area contributed by atoms with E-state index in [-0.39, 0.29) is 23.3 Å². The number of benzene rings is 1. The SMILES string of the molecule is Cc1cc(NC(=O)CSCC(=O)NCc2ccc(N(C)C)cc2)no1. The first-order chi connectivity index (χ1) is 11.9. The Morgan fingerprint density at radius 1 is 1.16 bits per heavy atom. The van der Waals surface area contributed by atoms with Crippen molar-refractivity contribution in [1.29, 1.82) is 0 Å². The second-order valence-electron chi connectivity index (χ2n) is 5.70. The molecule has 1 aromatic heterocycles. The van der Waals surface area contributed by atoms with Crippen molar-refractivity contribution in [1.82, 2.24) is 10.5 Å². The molecule has 0 saturated heterocycles. The van der Waals surface area contributed by atoms with Gasteiger partial charge in [-0.15, -0.1) is 11.8 Å². The van der Waals surface area contributed by atoms with Crippen LogP contribution in [0.3, 0.4) is 0 Å². The molecule has 7 nitrogen and oxygen atoms in total. The summed E-state index contributed by atoms with van der Waals surface area (Å²) in [5.41, 5.74) is 2.14. The van der Waals surface area contributed by atoms with Gasteiger partial charge >= 0.3 is 0 Å². The summed E-state index contributed by atoms with van der Waals surface area (Å²) in [5.74, 6) is 1.09. The Morgan fingerprint density at radius 2 is 1.84 bits per heavy atom. The molecule has 8 heteroatoms. The molecule has 2 amide bonds. The molecule has 0 spiro atoms. The van der Waals surface area contributed by atoms with Crippen LogP contribution in [0.1, 0.15) is 11.3 Å². The normalized spacial score (nSPS) is 10.4. The fourth-order valence-electron chi connectivity index (χ4n) is 2.00. The van der Waals surface area contributed by atoms with Crippen molar-refractivity contribution in [3.05, 3.63) is 41.7 Å². The zero-order valence-corrected chi connectivity index (χ0v) is 15.4. The lowest BCUT2D eigenvalue weighted by molar-refractivity contribution is -0.118. The highest BCUT2D eigenvalue weighted by Crippen LogP contribution is 2.12. The Labute approximate surface area is 151 Å². The van der Waals surface area contributed by atoms with Crippen LogP contribution < -0.4 is 15.5 Å². The van der Waals surface area contributed by atoms with Gasteiger partial charge in [0.1, 0.15) is 5.76 Å². The van der Waals surface area contributed by atoms with E-state index in [9.17, 15) is 9.59 Å². The molecule has 2 aromatic rings. The predicted octanol–water partition coefficient (Wildman–Crippen LogP) is 2.04. The number of aryl methyl sites for hydroxylation is 1. The van der Waals surface area contributed by atoms with Crippen molar-refractivity contribution >= 4 is 35.1 Å². The fraction of sp³-hybridized carbons (Fsp3) is 0.353. The average molecular weight is 362 g/mol. The molecule has 1 aromatic carbocycles. The number of hydrogen-bond donors (Lipinski definition) is 2. The van der Waals surface area contributed by atoms with Crippen molar-refractivity contribution in [3.63, 3.8) is 0 Å². The van der Waals surface area contributed by atoms with Crippen LogP contribution in [0, 0.1) is 6.92 Å². The van der Waals surface area contributed by atoms with Gasteiger partial charge in [0.05, 0.1) is 11.5 Å². The zero-order chi connectivity index (χ0) is 18.2. The Hall–Kier alpha value is -2.48. The smallest absolute Gasteiger partial charge is 0.235 e. The van der Waals surface area contributed by atoms with Crippen LogP contribution in [0.5, 0.6) is 0 Å². The van der Waals surface area contributed by atoms with Gasteiger partial charge in [-0.1, -0.05) is 17.3 Å². The van der Waals surface area contributed by atoms with Crippen molar-refractivity contribution in [2.45, 2.75) is 13.5 Å². The van der Waals surface area contributed by atoms with Crippen LogP contribution in [0.4, 0.5) is 11.5 Å². The maximum atomic E-state index is 11.8. The Balaban J connectivity index is 1.64. The molecule has 0 fully saturated rings. The van der Waals surface area contributed by atoms with Crippen molar-refractivity contribution in [2.24, 2.45) is 0 Å². The number of rotatable bonds is 8. The molecule has 2 rings (SSSR count). The molecule has 0 radical (unpaired) electrons. The number of anilines is 2. The van der Waals surface area contributed by atoms with Crippen LogP contribution in [0.25, 0.3) is 0 Å². The Bertz CT molecular complexity index is 713. The summed E-state index contributed by atoms with van der Waals surface area (Å²) in [6.07, 6.45) is 0. The molecular formula is C17H22N4O3S. The second-order valence-corrected chi connectivity index (χ2v) is 6.69. The van der Waals surface area contributed by atoms with Gasteiger partial charge in [-0.2, -0.15) is 0 Å². The lowest BCUT2D eigenvalue weighted by Crippen LogP contribution is -2.25. The Kier molecular flexibility index (Phi) is 6.88. The van der Waals surface area contributed by atoms with Gasteiger partial charge in [0.25, 0.3) is 0 Å². The number of amides is 2. The molecule has 0 unspecified atom stereocenters. The molecule has 0 aliphatic carbocycles. The monoisotopic (exact) mass is 362 g/mol. The first-order valence-electron chi connectivity index (χ1n) is 7.78. The quantitative estimate of drug-likeness (QED) is 0.747. The summed E-state index contributed by atoms with van der Waals surface area (Å²) in [5, 5.41) is 9.13. The zero-order valence-electron chi connectivity index (χ0n) is 14.5. The Morgan fingerprint density at radius 3 is 2.44 bits per heavy atom.